The molecule has 1 saturated heterocycles. The van der Waals surface area contributed by atoms with Crippen LogP contribution in [0.3, 0.4) is 0 Å². The number of amides is 2. The number of nitrogens with zero attached hydrogens (tertiary/aromatic N) is 2. The molecule has 1 aliphatic rings. The molecule has 0 bridgehead atoms. The van der Waals surface area contributed by atoms with E-state index < -0.39 is 17.6 Å². The van der Waals surface area contributed by atoms with Gasteiger partial charge in [-0.05, 0) is 20.8 Å². The van der Waals surface area contributed by atoms with E-state index in [2.05, 4.69) is 15.8 Å². The van der Waals surface area contributed by atoms with Gasteiger partial charge in [0.05, 0.1) is 18.8 Å². The van der Waals surface area contributed by atoms with Crippen molar-refractivity contribution in [2.45, 2.75) is 26.4 Å². The Hall–Kier alpha value is -2.29. The van der Waals surface area contributed by atoms with Crippen molar-refractivity contribution < 1.29 is 19.1 Å². The second-order valence-electron chi connectivity index (χ2n) is 6.32. The van der Waals surface area contributed by atoms with Gasteiger partial charge in [-0.3, -0.25) is 10.2 Å². The molecule has 2 radical (unpaired) electrons. The Labute approximate surface area is 142 Å². The predicted octanol–water partition coefficient (Wildman–Crippen LogP) is -0.118. The first-order valence-corrected chi connectivity index (χ1v) is 7.64. The molecule has 2 heterocycles. The van der Waals surface area contributed by atoms with Gasteiger partial charge in [-0.1, -0.05) is 11.5 Å². The summed E-state index contributed by atoms with van der Waals surface area (Å²) in [5, 5.41) is 0. The molecule has 0 spiro atoms. The summed E-state index contributed by atoms with van der Waals surface area (Å²) in [6.07, 6.45) is 0.740. The molecule has 0 aliphatic carbocycles. The molecule has 1 aromatic rings. The van der Waals surface area contributed by atoms with Crippen LogP contribution in [0.4, 0.5) is 10.6 Å². The maximum absolute atomic E-state index is 12.4. The maximum Gasteiger partial charge on any atom is 0.426 e. The molecule has 1 fully saturated rings. The van der Waals surface area contributed by atoms with Crippen molar-refractivity contribution in [2.24, 2.45) is 0 Å². The number of aromatic nitrogens is 1. The molecule has 2 N–H and O–H groups in total. The number of anilines is 1. The fourth-order valence-electron chi connectivity index (χ4n) is 2.15. The van der Waals surface area contributed by atoms with Crippen LogP contribution in [-0.2, 0) is 9.47 Å². The molecule has 1 aromatic heterocycles. The number of hydrazine groups is 1. The van der Waals surface area contributed by atoms with Crippen LogP contribution in [0.15, 0.2) is 12.3 Å². The molecule has 0 unspecified atom stereocenters. The van der Waals surface area contributed by atoms with E-state index in [1.165, 1.54) is 12.3 Å². The summed E-state index contributed by atoms with van der Waals surface area (Å²) in [5.74, 6) is -0.0295. The van der Waals surface area contributed by atoms with Gasteiger partial charge in [0.15, 0.2) is 0 Å². The van der Waals surface area contributed by atoms with Gasteiger partial charge in [0.25, 0.3) is 5.91 Å². The van der Waals surface area contributed by atoms with Gasteiger partial charge >= 0.3 is 6.09 Å². The molecule has 0 aromatic carbocycles. The Kier molecular flexibility index (Phi) is 5.66. The van der Waals surface area contributed by atoms with E-state index in [0.717, 1.165) is 0 Å². The average Bonchev–Trinajstić information content (AvgIpc) is 2.51. The van der Waals surface area contributed by atoms with E-state index in [4.69, 9.17) is 17.3 Å². The quantitative estimate of drug-likeness (QED) is 0.580. The van der Waals surface area contributed by atoms with E-state index in [9.17, 15) is 9.59 Å². The zero-order valence-electron chi connectivity index (χ0n) is 14.1. The monoisotopic (exact) mass is 332 g/mol. The predicted molar refractivity (Wildman–Crippen MR) is 89.5 cm³/mol. The van der Waals surface area contributed by atoms with Crippen molar-refractivity contribution in [3.05, 3.63) is 17.8 Å². The summed E-state index contributed by atoms with van der Waals surface area (Å²) in [5.41, 5.74) is 4.49. The lowest BCUT2D eigenvalue weighted by Crippen LogP contribution is -2.45. The normalized spacial score (nSPS) is 14.9. The number of hydrogen-bond donors (Lipinski definition) is 2. The zero-order chi connectivity index (χ0) is 17.7. The maximum atomic E-state index is 12.4. The number of ether oxygens (including phenoxy) is 2. The molecule has 0 saturated carbocycles. The highest BCUT2D eigenvalue weighted by Crippen LogP contribution is 2.17. The van der Waals surface area contributed by atoms with Crippen LogP contribution in [0.5, 0.6) is 0 Å². The van der Waals surface area contributed by atoms with Crippen molar-refractivity contribution >= 4 is 31.1 Å². The van der Waals surface area contributed by atoms with E-state index >= 15 is 0 Å². The third-order valence-electron chi connectivity index (χ3n) is 3.12. The number of nitrogens with one attached hydrogen (secondary N) is 2. The zero-order valence-corrected chi connectivity index (χ0v) is 14.1. The molecule has 24 heavy (non-hydrogen) atoms. The van der Waals surface area contributed by atoms with Crippen LogP contribution in [0, 0.1) is 0 Å². The van der Waals surface area contributed by atoms with Gasteiger partial charge < -0.3 is 14.4 Å². The highest BCUT2D eigenvalue weighted by atomic mass is 16.6. The summed E-state index contributed by atoms with van der Waals surface area (Å²) < 4.78 is 10.4. The van der Waals surface area contributed by atoms with E-state index in [1.54, 1.807) is 20.8 Å². The minimum Gasteiger partial charge on any atom is -0.443 e. The van der Waals surface area contributed by atoms with Crippen LogP contribution in [-0.4, -0.2) is 56.7 Å². The summed E-state index contributed by atoms with van der Waals surface area (Å²) in [6, 6.07) is 1.52. The number of pyridine rings is 1. The molecular formula is C15H21BN4O4. The van der Waals surface area contributed by atoms with Gasteiger partial charge in [0.2, 0.25) is 0 Å². The first kappa shape index (κ1) is 18.1. The number of carbonyl (C=O) groups is 2. The molecule has 2 rings (SSSR count). The number of rotatable bonds is 2. The Balaban J connectivity index is 2.07. The Morgan fingerprint density at radius 2 is 1.96 bits per heavy atom. The van der Waals surface area contributed by atoms with Crippen molar-refractivity contribution in [3.63, 3.8) is 0 Å². The SMILES string of the molecule is [B]c1cnc(N2CCOCC2)c(C(=O)NNC(=O)OC(C)(C)C)c1. The summed E-state index contributed by atoms with van der Waals surface area (Å²) in [4.78, 5) is 30.2. The molecule has 0 atom stereocenters. The third-order valence-corrected chi connectivity index (χ3v) is 3.12. The van der Waals surface area contributed by atoms with E-state index in [-0.39, 0.29) is 5.56 Å². The fraction of sp³-hybridized carbons (Fsp3) is 0.533. The Morgan fingerprint density at radius 3 is 2.58 bits per heavy atom. The van der Waals surface area contributed by atoms with Crippen molar-refractivity contribution in [1.82, 2.24) is 15.8 Å². The number of morpholine rings is 1. The molecule has 128 valence electrons. The van der Waals surface area contributed by atoms with Gasteiger partial charge in [-0.15, -0.1) is 0 Å². The highest BCUT2D eigenvalue weighted by molar-refractivity contribution is 6.32. The lowest BCUT2D eigenvalue weighted by molar-refractivity contribution is 0.0483. The topological polar surface area (TPSA) is 92.8 Å². The lowest BCUT2D eigenvalue weighted by Gasteiger charge is -2.29. The van der Waals surface area contributed by atoms with Crippen LogP contribution < -0.4 is 21.2 Å². The minimum absolute atomic E-state index is 0.271. The Morgan fingerprint density at radius 1 is 1.29 bits per heavy atom. The fourth-order valence-corrected chi connectivity index (χ4v) is 2.15. The van der Waals surface area contributed by atoms with Crippen molar-refractivity contribution in [2.75, 3.05) is 31.2 Å². The molecular weight excluding hydrogens is 311 g/mol. The number of hydrogen-bond acceptors (Lipinski definition) is 6. The second kappa shape index (κ2) is 7.52. The van der Waals surface area contributed by atoms with Gasteiger partial charge in [0, 0.05) is 19.3 Å². The molecule has 1 aliphatic heterocycles. The first-order chi connectivity index (χ1) is 11.3. The Bertz CT molecular complexity index is 612. The molecule has 8 nitrogen and oxygen atoms in total. The van der Waals surface area contributed by atoms with Gasteiger partial charge in [-0.25, -0.2) is 15.2 Å². The summed E-state index contributed by atoms with van der Waals surface area (Å²) >= 11 is 0. The lowest BCUT2D eigenvalue weighted by atomic mass is 9.96. The van der Waals surface area contributed by atoms with E-state index in [1.807, 2.05) is 4.90 Å². The highest BCUT2D eigenvalue weighted by Gasteiger charge is 2.22. The van der Waals surface area contributed by atoms with E-state index in [0.29, 0.717) is 37.6 Å². The van der Waals surface area contributed by atoms with Crippen LogP contribution in [0.1, 0.15) is 31.1 Å². The van der Waals surface area contributed by atoms with Crippen LogP contribution in [0.25, 0.3) is 0 Å². The van der Waals surface area contributed by atoms with Crippen LogP contribution in [0.2, 0.25) is 0 Å². The molecule has 9 heteroatoms. The second-order valence-corrected chi connectivity index (χ2v) is 6.32. The van der Waals surface area contributed by atoms with Crippen LogP contribution >= 0.6 is 0 Å². The smallest absolute Gasteiger partial charge is 0.426 e. The van der Waals surface area contributed by atoms with Gasteiger partial charge in [0.1, 0.15) is 19.3 Å². The first-order valence-electron chi connectivity index (χ1n) is 7.64. The summed E-state index contributed by atoms with van der Waals surface area (Å²) in [6.45, 7) is 7.55. The average molecular weight is 332 g/mol. The molecule has 2 amide bonds. The van der Waals surface area contributed by atoms with Gasteiger partial charge in [-0.2, -0.15) is 0 Å². The minimum atomic E-state index is -0.749. The standard InChI is InChI=1S/C15H21BN4O4/c1-15(2,3)24-14(22)19-18-13(21)11-8-10(16)9-17-12(11)20-4-6-23-7-5-20/h8-9H,4-7H2,1-3H3,(H,18,21)(H,19,22). The number of carbonyl (C=O) groups excluding carboxylic acids is 2. The van der Waals surface area contributed by atoms with Crippen molar-refractivity contribution in [1.29, 1.82) is 0 Å². The summed E-state index contributed by atoms with van der Waals surface area (Å²) in [7, 11) is 5.74. The largest absolute Gasteiger partial charge is 0.443 e. The van der Waals surface area contributed by atoms with Crippen molar-refractivity contribution in [3.8, 4) is 0 Å². The third kappa shape index (κ3) is 5.12.